The van der Waals surface area contributed by atoms with Crippen molar-refractivity contribution in [3.8, 4) is 0 Å². The summed E-state index contributed by atoms with van der Waals surface area (Å²) in [6.07, 6.45) is 10.1. The van der Waals surface area contributed by atoms with Gasteiger partial charge in [0.05, 0.1) is 0 Å². The molecule has 4 rings (SSSR count). The van der Waals surface area contributed by atoms with Gasteiger partial charge in [-0.05, 0) is 0 Å². The van der Waals surface area contributed by atoms with Gasteiger partial charge < -0.3 is 4.55 Å². The molecular weight excluding hydrogens is 670 g/mol. The van der Waals surface area contributed by atoms with Gasteiger partial charge in [0.1, 0.15) is 0 Å². The summed E-state index contributed by atoms with van der Waals surface area (Å²) in [6, 6.07) is 17.0. The zero-order valence-electron chi connectivity index (χ0n) is 21.5. The molecule has 0 radical (unpaired) electrons. The summed E-state index contributed by atoms with van der Waals surface area (Å²) in [7, 11) is -4.92. The molecule has 13 heteroatoms. The van der Waals surface area contributed by atoms with Crippen LogP contribution >= 0.6 is 0 Å². The smallest absolute Gasteiger partial charge is 0.215 e. The fraction of sp³-hybridized carbons (Fsp3) is 0.296. The topological polar surface area (TPSA) is 159 Å². The summed E-state index contributed by atoms with van der Waals surface area (Å²) < 4.78 is 40.5. The summed E-state index contributed by atoms with van der Waals surface area (Å²) >= 11 is 0.442. The van der Waals surface area contributed by atoms with E-state index in [1.807, 2.05) is 0 Å². The molecule has 1 aliphatic rings. The number of anilines is 1. The van der Waals surface area contributed by atoms with E-state index < -0.39 is 22.3 Å². The van der Waals surface area contributed by atoms with Gasteiger partial charge in [-0.1, -0.05) is 0 Å². The summed E-state index contributed by atoms with van der Waals surface area (Å²) in [6.45, 7) is 1.65. The van der Waals surface area contributed by atoms with Crippen molar-refractivity contribution < 1.29 is 41.9 Å². The number of carbonyl (C=O) groups is 2. The standard InChI is InChI=1S/C27H28N2O4Se2.H2O4S/c30-26(31)16-5-7-18-28-20-10-1-3-12-22(20)34-24(28)14-9-15-25-29(19-8-6-17-27(32)33)21-11-2-4-13-23(21)35-25;1-5(2,3)4/h1-4,9-15H,5-8,16-19H2,(H-,30,31,32,33);(H2,1,2,3,4). The SMILES string of the molecule is O=C(O)CCCCN1/C(=C\C=C\c2[se]c3ccccc3[n+]2CCCCC(=O)O)[Se]c2ccccc21.O=S(=O)([O-])O. The number of aromatic nitrogens is 1. The average molecular weight is 701 g/mol. The number of hydrogen-bond donors (Lipinski definition) is 3. The van der Waals surface area contributed by atoms with Gasteiger partial charge in [0.25, 0.3) is 0 Å². The molecule has 0 unspecified atom stereocenters. The number of unbranched alkanes of at least 4 members (excludes halogenated alkanes) is 2. The number of fused-ring (bicyclic) bond motifs is 2. The minimum atomic E-state index is -4.92. The molecule has 0 aliphatic carbocycles. The number of carboxylic acids is 2. The first kappa shape index (κ1) is 31.8. The fourth-order valence-corrected chi connectivity index (χ4v) is 8.74. The molecule has 40 heavy (non-hydrogen) atoms. The Kier molecular flexibility index (Phi) is 12.1. The van der Waals surface area contributed by atoms with E-state index in [0.717, 1.165) is 25.9 Å². The molecule has 0 atom stereocenters. The predicted octanol–water partition coefficient (Wildman–Crippen LogP) is 2.40. The summed E-state index contributed by atoms with van der Waals surface area (Å²) in [5.74, 6) is -1.47. The van der Waals surface area contributed by atoms with Gasteiger partial charge in [-0.15, -0.1) is 0 Å². The molecule has 0 saturated heterocycles. The van der Waals surface area contributed by atoms with Gasteiger partial charge in [-0.2, -0.15) is 0 Å². The number of allylic oxidation sites excluding steroid dienone is 2. The zero-order valence-corrected chi connectivity index (χ0v) is 25.8. The molecule has 2 aromatic carbocycles. The average Bonchev–Trinajstić information content (AvgIpc) is 3.41. The fourth-order valence-electron chi connectivity index (χ4n) is 4.12. The van der Waals surface area contributed by atoms with Crippen molar-refractivity contribution in [1.82, 2.24) is 0 Å². The third-order valence-corrected chi connectivity index (χ3v) is 10.5. The number of rotatable bonds is 12. The van der Waals surface area contributed by atoms with Crippen molar-refractivity contribution in [2.45, 2.75) is 45.1 Å². The Hall–Kier alpha value is -2.76. The van der Waals surface area contributed by atoms with Crippen LogP contribution in [0.25, 0.3) is 15.9 Å². The second-order valence-electron chi connectivity index (χ2n) is 8.77. The number of hydrogen-bond acceptors (Lipinski definition) is 6. The maximum Gasteiger partial charge on any atom is 0.215 e. The van der Waals surface area contributed by atoms with Crippen molar-refractivity contribution in [2.24, 2.45) is 0 Å². The molecule has 214 valence electrons. The molecule has 0 amide bonds. The maximum absolute atomic E-state index is 10.9. The minimum Gasteiger partial charge on any atom is -0.726 e. The summed E-state index contributed by atoms with van der Waals surface area (Å²) in [5.41, 5.74) is 2.49. The van der Waals surface area contributed by atoms with Gasteiger partial charge in [0, 0.05) is 0 Å². The quantitative estimate of drug-likeness (QED) is 0.0849. The van der Waals surface area contributed by atoms with Gasteiger partial charge in [0.15, 0.2) is 0 Å². The number of aliphatic carboxylic acids is 2. The normalized spacial score (nSPS) is 13.9. The van der Waals surface area contributed by atoms with E-state index in [0.29, 0.717) is 12.8 Å². The van der Waals surface area contributed by atoms with E-state index in [-0.39, 0.29) is 42.3 Å². The molecule has 3 aromatic rings. The Morgan fingerprint density at radius 1 is 0.950 bits per heavy atom. The van der Waals surface area contributed by atoms with Crippen LogP contribution in [0.2, 0.25) is 0 Å². The molecule has 10 nitrogen and oxygen atoms in total. The molecule has 0 bridgehead atoms. The maximum atomic E-state index is 10.9. The Morgan fingerprint density at radius 2 is 1.57 bits per heavy atom. The van der Waals surface area contributed by atoms with Crippen LogP contribution in [-0.4, -0.2) is 75.7 Å². The van der Waals surface area contributed by atoms with E-state index in [1.165, 1.54) is 29.1 Å². The van der Waals surface area contributed by atoms with E-state index >= 15 is 0 Å². The second-order valence-corrected chi connectivity index (χ2v) is 14.1. The first-order valence-electron chi connectivity index (χ1n) is 12.5. The van der Waals surface area contributed by atoms with Crippen LogP contribution in [0.15, 0.2) is 65.3 Å². The number of benzene rings is 2. The van der Waals surface area contributed by atoms with Crippen LogP contribution in [0.1, 0.15) is 43.1 Å². The van der Waals surface area contributed by atoms with Crippen molar-refractivity contribution >= 4 is 77.8 Å². The van der Waals surface area contributed by atoms with Crippen molar-refractivity contribution in [2.75, 3.05) is 11.4 Å². The molecule has 3 N–H and O–H groups in total. The van der Waals surface area contributed by atoms with E-state index in [4.69, 9.17) is 27.7 Å². The summed E-state index contributed by atoms with van der Waals surface area (Å²) in [4.78, 5) is 24.1. The Bertz CT molecular complexity index is 1490. The molecule has 1 aromatic heterocycles. The largest absolute Gasteiger partial charge is 0.726 e. The number of carboxylic acid groups (broad SMARTS) is 2. The van der Waals surface area contributed by atoms with Gasteiger partial charge in [-0.3, -0.25) is 4.55 Å². The Labute approximate surface area is 245 Å². The number of aryl methyl sites for hydroxylation is 1. The number of nitrogens with zero attached hydrogens (tertiary/aromatic N) is 2. The molecule has 0 spiro atoms. The minimum absolute atomic E-state index is 0.211. The van der Waals surface area contributed by atoms with E-state index in [9.17, 15) is 9.59 Å². The molecule has 0 fully saturated rings. The van der Waals surface area contributed by atoms with Crippen LogP contribution < -0.4 is 13.9 Å². The number of para-hydroxylation sites is 2. The van der Waals surface area contributed by atoms with Crippen molar-refractivity contribution in [3.05, 3.63) is 69.8 Å². The molecule has 1 aliphatic heterocycles. The van der Waals surface area contributed by atoms with Crippen LogP contribution in [-0.2, 0) is 26.5 Å². The van der Waals surface area contributed by atoms with E-state index in [2.05, 4.69) is 76.2 Å². The first-order chi connectivity index (χ1) is 19.0. The molecular formula is C27H30N2O8SSe2. The van der Waals surface area contributed by atoms with Gasteiger partial charge in [-0.25, -0.2) is 8.42 Å². The van der Waals surface area contributed by atoms with Crippen molar-refractivity contribution in [3.63, 3.8) is 0 Å². The second kappa shape index (κ2) is 15.3. The van der Waals surface area contributed by atoms with Gasteiger partial charge in [0.2, 0.25) is 10.4 Å². The Morgan fingerprint density at radius 3 is 2.27 bits per heavy atom. The summed E-state index contributed by atoms with van der Waals surface area (Å²) in [5, 5.41) is 17.9. The van der Waals surface area contributed by atoms with Crippen LogP contribution in [0, 0.1) is 0 Å². The third kappa shape index (κ3) is 10.3. The van der Waals surface area contributed by atoms with Gasteiger partial charge >= 0.3 is 218 Å². The van der Waals surface area contributed by atoms with Crippen molar-refractivity contribution in [1.29, 1.82) is 0 Å². The third-order valence-electron chi connectivity index (χ3n) is 5.80. The zero-order chi connectivity index (χ0) is 29.1. The van der Waals surface area contributed by atoms with E-state index in [1.54, 1.807) is 0 Å². The monoisotopic (exact) mass is 702 g/mol. The van der Waals surface area contributed by atoms with Crippen LogP contribution in [0.5, 0.6) is 0 Å². The van der Waals surface area contributed by atoms with Crippen LogP contribution in [0.4, 0.5) is 5.69 Å². The Balaban J connectivity index is 0.000000810. The predicted molar refractivity (Wildman–Crippen MR) is 153 cm³/mol. The molecule has 0 saturated carbocycles. The first-order valence-corrected chi connectivity index (χ1v) is 17.3. The molecule has 2 heterocycles. The van der Waals surface area contributed by atoms with Crippen LogP contribution in [0.3, 0.4) is 0 Å².